The van der Waals surface area contributed by atoms with Crippen molar-refractivity contribution in [3.63, 3.8) is 0 Å². The van der Waals surface area contributed by atoms with Crippen LogP contribution in [0.5, 0.6) is 0 Å². The van der Waals surface area contributed by atoms with Crippen LogP contribution >= 0.6 is 0 Å². The van der Waals surface area contributed by atoms with E-state index in [0.717, 1.165) is 32.7 Å². The van der Waals surface area contributed by atoms with Crippen molar-refractivity contribution < 1.29 is 23.9 Å². The highest BCUT2D eigenvalue weighted by molar-refractivity contribution is 6.10. The molecule has 1 heterocycles. The number of anilines is 1. The van der Waals surface area contributed by atoms with Gasteiger partial charge in [0.15, 0.2) is 6.61 Å². The average Bonchev–Trinajstić information content (AvgIpc) is 3.18. The molecule has 0 radical (unpaired) electrons. The molecule has 2 bridgehead atoms. The molecule has 0 aromatic heterocycles. The Morgan fingerprint density at radius 1 is 0.811 bits per heavy atom. The molecule has 1 fully saturated rings. The third-order valence-corrected chi connectivity index (χ3v) is 7.89. The molecule has 0 spiro atoms. The lowest BCUT2D eigenvalue weighted by molar-refractivity contribution is -0.159. The van der Waals surface area contributed by atoms with Crippen LogP contribution in [-0.4, -0.2) is 41.2 Å². The van der Waals surface area contributed by atoms with Gasteiger partial charge >= 0.3 is 5.97 Å². The number of hydrogen-bond acceptors (Lipinski definition) is 5. The predicted molar refractivity (Wildman–Crippen MR) is 136 cm³/mol. The van der Waals surface area contributed by atoms with Gasteiger partial charge in [0.25, 0.3) is 5.91 Å². The summed E-state index contributed by atoms with van der Waals surface area (Å²) in [6, 6.07) is 22.0. The Bertz CT molecular complexity index is 1330. The molecule has 7 rings (SSSR count). The second-order valence-electron chi connectivity index (χ2n) is 10.0. The highest BCUT2D eigenvalue weighted by Gasteiger charge is 2.62. The molecule has 3 aromatic rings. The lowest BCUT2D eigenvalue weighted by Crippen LogP contribution is -2.45. The first-order valence-corrected chi connectivity index (χ1v) is 12.4. The summed E-state index contributed by atoms with van der Waals surface area (Å²) in [5.41, 5.74) is 5.91. The number of amides is 3. The van der Waals surface area contributed by atoms with Crippen LogP contribution in [0.1, 0.15) is 46.6 Å². The largest absolute Gasteiger partial charge is 0.454 e. The first-order valence-electron chi connectivity index (χ1n) is 12.4. The zero-order valence-corrected chi connectivity index (χ0v) is 20.5. The van der Waals surface area contributed by atoms with Gasteiger partial charge in [0.1, 0.15) is 6.04 Å². The zero-order chi connectivity index (χ0) is 25.8. The van der Waals surface area contributed by atoms with E-state index < -0.39 is 36.4 Å². The highest BCUT2D eigenvalue weighted by Crippen LogP contribution is 2.61. The fourth-order valence-corrected chi connectivity index (χ4v) is 6.28. The molecule has 1 N–H and O–H groups in total. The number of esters is 1. The van der Waals surface area contributed by atoms with Crippen molar-refractivity contribution >= 4 is 29.4 Å². The molecule has 4 aliphatic rings. The summed E-state index contributed by atoms with van der Waals surface area (Å²) < 4.78 is 5.22. The highest BCUT2D eigenvalue weighted by atomic mass is 16.5. The standard InChI is InChI=1S/C30H26N2O5/c1-16-11-13-18(14-12-16)31-23(33)15-37-30(36)17(2)32-28(34)26-24-19-7-3-4-8-20(19)25(27(26)29(32)35)22-10-6-5-9-21(22)24/h3-14,17,24-27H,15H2,1-2H3,(H,31,33)/t17-,24?,25?,26-,27+/m1/s1. The number of carbonyl (C=O) groups excluding carboxylic acids is 4. The zero-order valence-electron chi connectivity index (χ0n) is 20.5. The number of benzene rings is 3. The minimum atomic E-state index is -1.14. The van der Waals surface area contributed by atoms with Gasteiger partial charge in [-0.15, -0.1) is 0 Å². The molecule has 3 aromatic carbocycles. The molecule has 0 saturated carbocycles. The minimum absolute atomic E-state index is 0.243. The second-order valence-corrected chi connectivity index (χ2v) is 10.0. The van der Waals surface area contributed by atoms with Crippen LogP contribution in [0.25, 0.3) is 0 Å². The molecule has 3 atom stereocenters. The van der Waals surface area contributed by atoms with Crippen LogP contribution in [0.4, 0.5) is 5.69 Å². The van der Waals surface area contributed by atoms with E-state index in [4.69, 9.17) is 4.74 Å². The number of ether oxygens (including phenoxy) is 1. The van der Waals surface area contributed by atoms with E-state index in [1.165, 1.54) is 6.92 Å². The maximum Gasteiger partial charge on any atom is 0.329 e. The summed E-state index contributed by atoms with van der Waals surface area (Å²) >= 11 is 0. The van der Waals surface area contributed by atoms with Gasteiger partial charge in [0.05, 0.1) is 11.8 Å². The smallest absolute Gasteiger partial charge is 0.329 e. The quantitative estimate of drug-likeness (QED) is 0.431. The Morgan fingerprint density at radius 3 is 1.73 bits per heavy atom. The van der Waals surface area contributed by atoms with Gasteiger partial charge in [-0.2, -0.15) is 0 Å². The molecule has 37 heavy (non-hydrogen) atoms. The van der Waals surface area contributed by atoms with Crippen molar-refractivity contribution in [3.05, 3.63) is 101 Å². The van der Waals surface area contributed by atoms with Crippen molar-refractivity contribution in [2.45, 2.75) is 31.7 Å². The Kier molecular flexibility index (Phi) is 5.44. The number of carbonyl (C=O) groups is 4. The fourth-order valence-electron chi connectivity index (χ4n) is 6.28. The lowest BCUT2D eigenvalue weighted by atomic mass is 9.55. The molecule has 3 aliphatic carbocycles. The van der Waals surface area contributed by atoms with E-state index in [1.807, 2.05) is 67.6 Å². The van der Waals surface area contributed by atoms with Crippen LogP contribution in [0.2, 0.25) is 0 Å². The molecular weight excluding hydrogens is 468 g/mol. The van der Waals surface area contributed by atoms with Crippen molar-refractivity contribution in [1.29, 1.82) is 0 Å². The van der Waals surface area contributed by atoms with Crippen LogP contribution in [0.15, 0.2) is 72.8 Å². The van der Waals surface area contributed by atoms with Crippen molar-refractivity contribution in [2.24, 2.45) is 11.8 Å². The Balaban J connectivity index is 1.21. The van der Waals surface area contributed by atoms with Crippen LogP contribution < -0.4 is 5.32 Å². The summed E-state index contributed by atoms with van der Waals surface area (Å²) in [5, 5.41) is 2.67. The molecule has 7 heteroatoms. The third kappa shape index (κ3) is 3.56. The number of nitrogens with zero attached hydrogens (tertiary/aromatic N) is 1. The second kappa shape index (κ2) is 8.69. The van der Waals surface area contributed by atoms with Crippen molar-refractivity contribution in [1.82, 2.24) is 4.90 Å². The molecule has 7 nitrogen and oxygen atoms in total. The first-order chi connectivity index (χ1) is 17.9. The van der Waals surface area contributed by atoms with E-state index in [-0.39, 0.29) is 23.7 Å². The fraction of sp³-hybridized carbons (Fsp3) is 0.267. The Labute approximate surface area is 214 Å². The van der Waals surface area contributed by atoms with Gasteiger partial charge in [-0.1, -0.05) is 66.2 Å². The monoisotopic (exact) mass is 494 g/mol. The SMILES string of the molecule is Cc1ccc(NC(=O)COC(=O)[C@@H](C)N2C(=O)[C@@H]3C4c5ccccc5C(c5ccccc54)[C@@H]3C2=O)cc1. The van der Waals surface area contributed by atoms with Crippen LogP contribution in [0, 0.1) is 18.8 Å². The summed E-state index contributed by atoms with van der Waals surface area (Å²) in [7, 11) is 0. The van der Waals surface area contributed by atoms with E-state index in [0.29, 0.717) is 5.69 Å². The van der Waals surface area contributed by atoms with Crippen LogP contribution in [0.3, 0.4) is 0 Å². The molecule has 186 valence electrons. The topological polar surface area (TPSA) is 92.8 Å². The van der Waals surface area contributed by atoms with Crippen molar-refractivity contribution in [3.8, 4) is 0 Å². The number of hydrogen-bond donors (Lipinski definition) is 1. The number of aryl methyl sites for hydroxylation is 1. The Hall–Kier alpha value is -4.26. The van der Waals surface area contributed by atoms with E-state index in [2.05, 4.69) is 5.32 Å². The molecule has 0 unspecified atom stereocenters. The number of likely N-dealkylation sites (tertiary alicyclic amines) is 1. The van der Waals surface area contributed by atoms with Gasteiger partial charge in [-0.25, -0.2) is 4.79 Å². The van der Waals surface area contributed by atoms with Gasteiger partial charge < -0.3 is 10.1 Å². The maximum absolute atomic E-state index is 13.7. The molecule has 3 amide bonds. The van der Waals surface area contributed by atoms with E-state index >= 15 is 0 Å². The maximum atomic E-state index is 13.7. The van der Waals surface area contributed by atoms with E-state index in [1.54, 1.807) is 12.1 Å². The summed E-state index contributed by atoms with van der Waals surface area (Å²) in [5.74, 6) is -3.63. The summed E-state index contributed by atoms with van der Waals surface area (Å²) in [6.07, 6.45) is 0. The van der Waals surface area contributed by atoms with Crippen LogP contribution in [-0.2, 0) is 23.9 Å². The number of rotatable bonds is 5. The molecule has 1 saturated heterocycles. The van der Waals surface area contributed by atoms with E-state index in [9.17, 15) is 19.2 Å². The normalized spacial score (nSPS) is 23.7. The number of nitrogens with one attached hydrogen (secondary N) is 1. The Morgan fingerprint density at radius 2 is 1.27 bits per heavy atom. The predicted octanol–water partition coefficient (Wildman–Crippen LogP) is 3.76. The minimum Gasteiger partial charge on any atom is -0.454 e. The van der Waals surface area contributed by atoms with Gasteiger partial charge in [0.2, 0.25) is 11.8 Å². The molecular formula is C30H26N2O5. The number of imide groups is 1. The summed E-state index contributed by atoms with van der Waals surface area (Å²) in [6.45, 7) is 2.91. The third-order valence-electron chi connectivity index (χ3n) is 7.89. The van der Waals surface area contributed by atoms with Crippen molar-refractivity contribution in [2.75, 3.05) is 11.9 Å². The van der Waals surface area contributed by atoms with Gasteiger partial charge in [0, 0.05) is 17.5 Å². The van der Waals surface area contributed by atoms with Gasteiger partial charge in [-0.3, -0.25) is 19.3 Å². The first kappa shape index (κ1) is 23.2. The van der Waals surface area contributed by atoms with Gasteiger partial charge in [-0.05, 0) is 48.2 Å². The summed E-state index contributed by atoms with van der Waals surface area (Å²) in [4.78, 5) is 53.7. The average molecular weight is 495 g/mol. The molecule has 1 aliphatic heterocycles. The lowest BCUT2D eigenvalue weighted by Gasteiger charge is -2.45.